The van der Waals surface area contributed by atoms with Crippen LogP contribution in [0.3, 0.4) is 0 Å². The molecular formula is C11H9BrFNO2S. The lowest BCUT2D eigenvalue weighted by Crippen LogP contribution is -2.11. The molecule has 1 unspecified atom stereocenters. The highest BCUT2D eigenvalue weighted by Gasteiger charge is 2.15. The number of halogens is 2. The summed E-state index contributed by atoms with van der Waals surface area (Å²) in [6, 6.07) is 4.84. The molecule has 90 valence electrons. The van der Waals surface area contributed by atoms with E-state index in [4.69, 9.17) is 10.4 Å². The van der Waals surface area contributed by atoms with Crippen molar-refractivity contribution < 1.29 is 14.3 Å². The van der Waals surface area contributed by atoms with Crippen molar-refractivity contribution in [3.63, 3.8) is 0 Å². The number of carbonyl (C=O) groups is 1. The second-order valence-corrected chi connectivity index (χ2v) is 5.26. The minimum absolute atomic E-state index is 0.118. The fourth-order valence-electron chi connectivity index (χ4n) is 1.02. The van der Waals surface area contributed by atoms with Crippen molar-refractivity contribution in [2.24, 2.45) is 5.92 Å². The van der Waals surface area contributed by atoms with Gasteiger partial charge in [-0.05, 0) is 28.1 Å². The topological polar surface area (TPSA) is 61.1 Å². The lowest BCUT2D eigenvalue weighted by atomic mass is 10.2. The van der Waals surface area contributed by atoms with Crippen LogP contribution in [0.1, 0.15) is 12.5 Å². The van der Waals surface area contributed by atoms with E-state index in [1.807, 2.05) is 6.07 Å². The monoisotopic (exact) mass is 317 g/mol. The summed E-state index contributed by atoms with van der Waals surface area (Å²) in [6.45, 7) is 1.56. The largest absolute Gasteiger partial charge is 0.481 e. The number of hydrogen-bond donors (Lipinski definition) is 1. The predicted molar refractivity (Wildman–Crippen MR) is 66.3 cm³/mol. The summed E-state index contributed by atoms with van der Waals surface area (Å²) in [5.41, 5.74) is 0.220. The number of aliphatic carboxylic acids is 1. The van der Waals surface area contributed by atoms with Crippen LogP contribution in [0, 0.1) is 23.1 Å². The molecule has 0 aromatic heterocycles. The minimum Gasteiger partial charge on any atom is -0.481 e. The van der Waals surface area contributed by atoms with E-state index >= 15 is 0 Å². The molecule has 0 saturated heterocycles. The average Bonchev–Trinajstić information content (AvgIpc) is 2.30. The van der Waals surface area contributed by atoms with E-state index < -0.39 is 17.7 Å². The molecule has 0 aliphatic rings. The molecule has 1 rings (SSSR count). The first-order chi connectivity index (χ1) is 7.97. The number of nitriles is 1. The van der Waals surface area contributed by atoms with Crippen LogP contribution in [0.2, 0.25) is 0 Å². The highest BCUT2D eigenvalue weighted by atomic mass is 79.9. The molecule has 1 aromatic rings. The molecule has 1 aromatic carbocycles. The van der Waals surface area contributed by atoms with Crippen LogP contribution in [0.15, 0.2) is 21.5 Å². The molecular weight excluding hydrogens is 309 g/mol. The Morgan fingerprint density at radius 3 is 2.88 bits per heavy atom. The number of benzene rings is 1. The third kappa shape index (κ3) is 3.45. The van der Waals surface area contributed by atoms with Crippen molar-refractivity contribution >= 4 is 33.7 Å². The van der Waals surface area contributed by atoms with Gasteiger partial charge >= 0.3 is 5.97 Å². The Labute approximate surface area is 111 Å². The molecule has 1 atom stereocenters. The van der Waals surface area contributed by atoms with Gasteiger partial charge in [0.1, 0.15) is 6.07 Å². The number of hydrogen-bond acceptors (Lipinski definition) is 3. The summed E-state index contributed by atoms with van der Waals surface area (Å²) < 4.78 is 13.9. The zero-order valence-electron chi connectivity index (χ0n) is 8.91. The normalized spacial score (nSPS) is 11.9. The molecule has 1 N–H and O–H groups in total. The number of thioether (sulfide) groups is 1. The SMILES string of the molecule is CC(CSc1ccc(C#N)c(Br)c1F)C(=O)O. The van der Waals surface area contributed by atoms with Gasteiger partial charge in [0.25, 0.3) is 0 Å². The van der Waals surface area contributed by atoms with Crippen molar-refractivity contribution in [3.05, 3.63) is 28.0 Å². The van der Waals surface area contributed by atoms with Crippen LogP contribution in [0.5, 0.6) is 0 Å². The zero-order chi connectivity index (χ0) is 13.0. The number of carboxylic acid groups (broad SMARTS) is 1. The van der Waals surface area contributed by atoms with Gasteiger partial charge in [0.2, 0.25) is 0 Å². The van der Waals surface area contributed by atoms with E-state index in [0.717, 1.165) is 11.8 Å². The quantitative estimate of drug-likeness (QED) is 0.866. The van der Waals surface area contributed by atoms with Gasteiger partial charge in [-0.25, -0.2) is 4.39 Å². The second-order valence-electron chi connectivity index (χ2n) is 3.40. The summed E-state index contributed by atoms with van der Waals surface area (Å²) in [5.74, 6) is -1.70. The highest BCUT2D eigenvalue weighted by Crippen LogP contribution is 2.30. The van der Waals surface area contributed by atoms with Gasteiger partial charge in [0.05, 0.1) is 16.0 Å². The van der Waals surface area contributed by atoms with E-state index in [-0.39, 0.29) is 15.8 Å². The first kappa shape index (κ1) is 14.0. The van der Waals surface area contributed by atoms with Crippen LogP contribution >= 0.6 is 27.7 Å². The third-order valence-electron chi connectivity index (χ3n) is 2.08. The summed E-state index contributed by atoms with van der Waals surface area (Å²) in [5, 5.41) is 17.4. The summed E-state index contributed by atoms with van der Waals surface area (Å²) in [6.07, 6.45) is 0. The van der Waals surface area contributed by atoms with Crippen LogP contribution < -0.4 is 0 Å². The standard InChI is InChI=1S/C11H9BrFNO2S/c1-6(11(15)16)5-17-8-3-2-7(4-14)9(12)10(8)13/h2-3,6H,5H2,1H3,(H,15,16). The molecule has 0 radical (unpaired) electrons. The van der Waals surface area contributed by atoms with Crippen molar-refractivity contribution in [3.8, 4) is 6.07 Å². The molecule has 0 fully saturated rings. The molecule has 6 heteroatoms. The number of nitrogens with zero attached hydrogens (tertiary/aromatic N) is 1. The molecule has 3 nitrogen and oxygen atoms in total. The average molecular weight is 318 g/mol. The van der Waals surface area contributed by atoms with Gasteiger partial charge in [0, 0.05) is 10.6 Å². The Bertz CT molecular complexity index is 487. The van der Waals surface area contributed by atoms with Gasteiger partial charge in [-0.2, -0.15) is 5.26 Å². The highest BCUT2D eigenvalue weighted by molar-refractivity contribution is 9.10. The summed E-state index contributed by atoms with van der Waals surface area (Å²) in [4.78, 5) is 11.0. The molecule has 0 heterocycles. The van der Waals surface area contributed by atoms with Crippen LogP contribution in [0.4, 0.5) is 4.39 Å². The number of carboxylic acids is 1. The maximum Gasteiger partial charge on any atom is 0.307 e. The van der Waals surface area contributed by atoms with Gasteiger partial charge in [-0.1, -0.05) is 6.92 Å². The smallest absolute Gasteiger partial charge is 0.307 e. The molecule has 0 bridgehead atoms. The summed E-state index contributed by atoms with van der Waals surface area (Å²) in [7, 11) is 0. The Kier molecular flexibility index (Phi) is 4.97. The molecule has 0 saturated carbocycles. The van der Waals surface area contributed by atoms with Crippen molar-refractivity contribution in [1.29, 1.82) is 5.26 Å². The molecule has 0 aliphatic carbocycles. The van der Waals surface area contributed by atoms with Crippen LogP contribution in [-0.2, 0) is 4.79 Å². The first-order valence-corrected chi connectivity index (χ1v) is 6.49. The van der Waals surface area contributed by atoms with Crippen molar-refractivity contribution in [1.82, 2.24) is 0 Å². The Hall–Kier alpha value is -1.06. The fourth-order valence-corrected chi connectivity index (χ4v) is 2.55. The van der Waals surface area contributed by atoms with Gasteiger partial charge in [-0.15, -0.1) is 11.8 Å². The van der Waals surface area contributed by atoms with Crippen molar-refractivity contribution in [2.75, 3.05) is 5.75 Å². The van der Waals surface area contributed by atoms with E-state index in [1.165, 1.54) is 12.1 Å². The lowest BCUT2D eigenvalue weighted by Gasteiger charge is -2.08. The maximum atomic E-state index is 13.7. The zero-order valence-corrected chi connectivity index (χ0v) is 11.3. The van der Waals surface area contributed by atoms with Gasteiger partial charge in [0.15, 0.2) is 5.82 Å². The maximum absolute atomic E-state index is 13.7. The predicted octanol–water partition coefficient (Wildman–Crippen LogP) is 3.27. The Morgan fingerprint density at radius 2 is 2.35 bits per heavy atom. The fraction of sp³-hybridized carbons (Fsp3) is 0.273. The van der Waals surface area contributed by atoms with E-state index in [9.17, 15) is 9.18 Å². The molecule has 0 spiro atoms. The van der Waals surface area contributed by atoms with Crippen LogP contribution in [-0.4, -0.2) is 16.8 Å². The lowest BCUT2D eigenvalue weighted by molar-refractivity contribution is -0.140. The van der Waals surface area contributed by atoms with E-state index in [2.05, 4.69) is 15.9 Å². The van der Waals surface area contributed by atoms with Crippen molar-refractivity contribution in [2.45, 2.75) is 11.8 Å². The third-order valence-corrected chi connectivity index (χ3v) is 4.15. The first-order valence-electron chi connectivity index (χ1n) is 4.71. The summed E-state index contributed by atoms with van der Waals surface area (Å²) >= 11 is 4.12. The molecule has 0 amide bonds. The van der Waals surface area contributed by atoms with Gasteiger partial charge < -0.3 is 5.11 Å². The van der Waals surface area contributed by atoms with Crippen LogP contribution in [0.25, 0.3) is 0 Å². The van der Waals surface area contributed by atoms with E-state index in [0.29, 0.717) is 4.90 Å². The Balaban J connectivity index is 2.84. The van der Waals surface area contributed by atoms with E-state index in [1.54, 1.807) is 6.92 Å². The van der Waals surface area contributed by atoms with Gasteiger partial charge in [-0.3, -0.25) is 4.79 Å². The molecule has 17 heavy (non-hydrogen) atoms. The minimum atomic E-state index is -0.911. The Morgan fingerprint density at radius 1 is 1.71 bits per heavy atom. The number of rotatable bonds is 4. The molecule has 0 aliphatic heterocycles. The second kappa shape index (κ2) is 6.03.